The van der Waals surface area contributed by atoms with Gasteiger partial charge in [0.05, 0.1) is 10.6 Å². The number of hydrogen-bond donors (Lipinski definition) is 0. The van der Waals surface area contributed by atoms with E-state index in [1.165, 1.54) is 12.1 Å². The molecule has 6 heteroatoms. The minimum absolute atomic E-state index is 0.192. The van der Waals surface area contributed by atoms with Crippen molar-refractivity contribution in [3.8, 4) is 0 Å². The monoisotopic (exact) mass is 370 g/mol. The van der Waals surface area contributed by atoms with Gasteiger partial charge in [-0.05, 0) is 30.3 Å². The van der Waals surface area contributed by atoms with Crippen LogP contribution in [0.2, 0.25) is 10.0 Å². The second-order valence-electron chi connectivity index (χ2n) is 5.04. The van der Waals surface area contributed by atoms with Crippen LogP contribution in [0, 0.1) is 0 Å². The number of aromatic nitrogens is 1. The van der Waals surface area contributed by atoms with Gasteiger partial charge in [-0.25, -0.2) is 4.79 Å². The Morgan fingerprint density at radius 3 is 2.28 bits per heavy atom. The zero-order chi connectivity index (χ0) is 17.6. The largest absolute Gasteiger partial charge is 0.367 e. The predicted molar refractivity (Wildman–Crippen MR) is 98.2 cm³/mol. The van der Waals surface area contributed by atoms with Gasteiger partial charge < -0.3 is 4.84 Å². The van der Waals surface area contributed by atoms with Crippen molar-refractivity contribution in [1.29, 1.82) is 0 Å². The van der Waals surface area contributed by atoms with Gasteiger partial charge in [0.25, 0.3) is 0 Å². The van der Waals surface area contributed by atoms with Gasteiger partial charge in [0.15, 0.2) is 0 Å². The van der Waals surface area contributed by atoms with E-state index < -0.39 is 5.97 Å². The van der Waals surface area contributed by atoms with Gasteiger partial charge in [-0.2, -0.15) is 0 Å². The summed E-state index contributed by atoms with van der Waals surface area (Å²) in [5.41, 5.74) is 2.29. The minimum Gasteiger partial charge on any atom is -0.312 e. The van der Waals surface area contributed by atoms with Crippen molar-refractivity contribution in [2.45, 2.75) is 0 Å². The number of rotatable bonds is 4. The lowest BCUT2D eigenvalue weighted by Gasteiger charge is -2.07. The number of pyridine rings is 1. The van der Waals surface area contributed by atoms with Gasteiger partial charge in [-0.3, -0.25) is 4.98 Å². The molecule has 3 rings (SSSR count). The first kappa shape index (κ1) is 17.1. The summed E-state index contributed by atoms with van der Waals surface area (Å²) in [6, 6.07) is 17.5. The molecule has 0 saturated carbocycles. The van der Waals surface area contributed by atoms with E-state index in [-0.39, 0.29) is 10.6 Å². The highest BCUT2D eigenvalue weighted by molar-refractivity contribution is 6.36. The Labute approximate surface area is 154 Å². The van der Waals surface area contributed by atoms with E-state index in [4.69, 9.17) is 28.0 Å². The van der Waals surface area contributed by atoms with Crippen LogP contribution in [-0.4, -0.2) is 16.7 Å². The summed E-state index contributed by atoms with van der Waals surface area (Å²) in [6.07, 6.45) is 3.29. The second-order valence-corrected chi connectivity index (χ2v) is 5.89. The fourth-order valence-corrected chi connectivity index (χ4v) is 2.65. The third kappa shape index (κ3) is 4.24. The van der Waals surface area contributed by atoms with Crippen LogP contribution in [0.3, 0.4) is 0 Å². The molecule has 124 valence electrons. The highest BCUT2D eigenvalue weighted by atomic mass is 35.5. The Balaban J connectivity index is 1.93. The molecule has 0 aliphatic heterocycles. The molecule has 2 aromatic carbocycles. The first-order chi connectivity index (χ1) is 12.1. The molecule has 0 fully saturated rings. The molecule has 3 aromatic rings. The Morgan fingerprint density at radius 2 is 1.60 bits per heavy atom. The molecule has 4 nitrogen and oxygen atoms in total. The molecular formula is C19H12Cl2N2O2. The molecular weight excluding hydrogens is 359 g/mol. The third-order valence-electron chi connectivity index (χ3n) is 3.37. The Morgan fingerprint density at radius 1 is 0.920 bits per heavy atom. The number of oxime groups is 1. The molecule has 0 aliphatic carbocycles. The number of carbonyl (C=O) groups is 1. The second kappa shape index (κ2) is 7.92. The van der Waals surface area contributed by atoms with Crippen molar-refractivity contribution >= 4 is 34.9 Å². The molecule has 0 N–H and O–H groups in total. The average Bonchev–Trinajstić information content (AvgIpc) is 2.63. The van der Waals surface area contributed by atoms with E-state index in [1.807, 2.05) is 30.3 Å². The number of benzene rings is 2. The molecule has 0 bridgehead atoms. The molecule has 0 saturated heterocycles. The summed E-state index contributed by atoms with van der Waals surface area (Å²) in [5, 5.41) is 4.69. The lowest BCUT2D eigenvalue weighted by Crippen LogP contribution is -2.08. The summed E-state index contributed by atoms with van der Waals surface area (Å²) in [4.78, 5) is 21.4. The summed E-state index contributed by atoms with van der Waals surface area (Å²) < 4.78 is 0. The summed E-state index contributed by atoms with van der Waals surface area (Å²) in [7, 11) is 0. The lowest BCUT2D eigenvalue weighted by molar-refractivity contribution is 0.0517. The Bertz CT molecular complexity index is 872. The van der Waals surface area contributed by atoms with E-state index in [0.717, 1.165) is 11.1 Å². The minimum atomic E-state index is -0.663. The van der Waals surface area contributed by atoms with Gasteiger partial charge in [-0.1, -0.05) is 58.7 Å². The molecule has 1 heterocycles. The maximum absolute atomic E-state index is 12.3. The summed E-state index contributed by atoms with van der Waals surface area (Å²) in [5.74, 6) is -0.663. The van der Waals surface area contributed by atoms with Crippen molar-refractivity contribution in [1.82, 2.24) is 4.98 Å². The van der Waals surface area contributed by atoms with Gasteiger partial charge >= 0.3 is 5.97 Å². The Hall–Kier alpha value is -2.69. The average molecular weight is 371 g/mol. The normalized spacial score (nSPS) is 11.2. The maximum Gasteiger partial charge on any atom is 0.367 e. The SMILES string of the molecule is O=C(O/N=C(\c1ccccc1)c1ccncc1)c1ccc(Cl)cc1Cl. The van der Waals surface area contributed by atoms with Crippen molar-refractivity contribution in [2.75, 3.05) is 0 Å². The number of nitrogens with zero attached hydrogens (tertiary/aromatic N) is 2. The van der Waals surface area contributed by atoms with E-state index in [9.17, 15) is 4.79 Å². The molecule has 1 aromatic heterocycles. The van der Waals surface area contributed by atoms with Gasteiger partial charge in [0.1, 0.15) is 5.71 Å². The number of hydrogen-bond acceptors (Lipinski definition) is 4. The van der Waals surface area contributed by atoms with Gasteiger partial charge in [-0.15, -0.1) is 0 Å². The van der Waals surface area contributed by atoms with Crippen molar-refractivity contribution in [3.63, 3.8) is 0 Å². The smallest absolute Gasteiger partial charge is 0.312 e. The highest BCUT2D eigenvalue weighted by Gasteiger charge is 2.14. The number of halogens is 2. The maximum atomic E-state index is 12.3. The first-order valence-corrected chi connectivity index (χ1v) is 8.11. The zero-order valence-corrected chi connectivity index (χ0v) is 14.4. The van der Waals surface area contributed by atoms with Crippen LogP contribution in [0.5, 0.6) is 0 Å². The zero-order valence-electron chi connectivity index (χ0n) is 12.9. The highest BCUT2D eigenvalue weighted by Crippen LogP contribution is 2.22. The van der Waals surface area contributed by atoms with E-state index in [2.05, 4.69) is 10.1 Å². The van der Waals surface area contributed by atoms with Crippen LogP contribution >= 0.6 is 23.2 Å². The standard InChI is InChI=1S/C19H12Cl2N2O2/c20-15-6-7-16(17(21)12-15)19(24)25-23-18(13-4-2-1-3-5-13)14-8-10-22-11-9-14/h1-12H/b23-18+. The van der Waals surface area contributed by atoms with Crippen molar-refractivity contribution in [3.05, 3.63) is 99.8 Å². The summed E-state index contributed by atoms with van der Waals surface area (Å²) >= 11 is 11.9. The predicted octanol–water partition coefficient (Wildman–Crippen LogP) is 5.00. The van der Waals surface area contributed by atoms with Gasteiger partial charge in [0.2, 0.25) is 0 Å². The summed E-state index contributed by atoms with van der Waals surface area (Å²) in [6.45, 7) is 0. The Kier molecular flexibility index (Phi) is 5.43. The molecule has 0 spiro atoms. The molecule has 0 aliphatic rings. The fourth-order valence-electron chi connectivity index (χ4n) is 2.17. The fraction of sp³-hybridized carbons (Fsp3) is 0. The van der Waals surface area contributed by atoms with Gasteiger partial charge in [0, 0.05) is 28.5 Å². The third-order valence-corrected chi connectivity index (χ3v) is 3.92. The van der Waals surface area contributed by atoms with Crippen LogP contribution < -0.4 is 0 Å². The lowest BCUT2D eigenvalue weighted by atomic mass is 10.0. The molecule has 0 radical (unpaired) electrons. The number of carbonyl (C=O) groups excluding carboxylic acids is 1. The van der Waals surface area contributed by atoms with Crippen LogP contribution in [0.25, 0.3) is 0 Å². The molecule has 25 heavy (non-hydrogen) atoms. The molecule has 0 amide bonds. The van der Waals surface area contributed by atoms with E-state index in [0.29, 0.717) is 10.7 Å². The topological polar surface area (TPSA) is 51.5 Å². The van der Waals surface area contributed by atoms with Crippen LogP contribution in [-0.2, 0) is 4.84 Å². The molecule has 0 unspecified atom stereocenters. The van der Waals surface area contributed by atoms with E-state index in [1.54, 1.807) is 30.6 Å². The van der Waals surface area contributed by atoms with Crippen LogP contribution in [0.1, 0.15) is 21.5 Å². The quantitative estimate of drug-likeness (QED) is 0.369. The molecule has 0 atom stereocenters. The first-order valence-electron chi connectivity index (χ1n) is 7.35. The van der Waals surface area contributed by atoms with Crippen LogP contribution in [0.4, 0.5) is 0 Å². The van der Waals surface area contributed by atoms with Crippen molar-refractivity contribution in [2.24, 2.45) is 5.16 Å². The van der Waals surface area contributed by atoms with Crippen LogP contribution in [0.15, 0.2) is 78.2 Å². The van der Waals surface area contributed by atoms with E-state index >= 15 is 0 Å². The van der Waals surface area contributed by atoms with Crippen molar-refractivity contribution < 1.29 is 9.63 Å².